The van der Waals surface area contributed by atoms with Gasteiger partial charge in [-0.25, -0.2) is 22.8 Å². The van der Waals surface area contributed by atoms with Crippen LogP contribution in [-0.4, -0.2) is 68.3 Å². The van der Waals surface area contributed by atoms with E-state index in [1.54, 1.807) is 51.1 Å². The molecule has 3 fully saturated rings. The Morgan fingerprint density at radius 1 is 0.935 bits per heavy atom. The van der Waals surface area contributed by atoms with E-state index in [2.05, 4.69) is 13.8 Å². The third-order valence-electron chi connectivity index (χ3n) is 11.1. The fourth-order valence-corrected chi connectivity index (χ4v) is 10.2. The summed E-state index contributed by atoms with van der Waals surface area (Å²) in [6, 6.07) is 10.6. The van der Waals surface area contributed by atoms with Crippen LogP contribution in [0.5, 0.6) is 0 Å². The summed E-state index contributed by atoms with van der Waals surface area (Å²) in [4.78, 5) is 41.7. The summed E-state index contributed by atoms with van der Waals surface area (Å²) >= 11 is 0. The molecule has 2 saturated carbocycles. The van der Waals surface area contributed by atoms with Gasteiger partial charge in [0.25, 0.3) is 15.6 Å². The van der Waals surface area contributed by atoms with Crippen molar-refractivity contribution < 1.29 is 37.0 Å². The number of ether oxygens (including phenoxy) is 3. The van der Waals surface area contributed by atoms with Crippen LogP contribution < -0.4 is 4.31 Å². The number of aryl methyl sites for hydroxylation is 3. The first-order valence-corrected chi connectivity index (χ1v) is 17.5. The highest BCUT2D eigenvalue weighted by Crippen LogP contribution is 2.68. The van der Waals surface area contributed by atoms with Gasteiger partial charge in [0, 0.05) is 5.41 Å². The zero-order chi connectivity index (χ0) is 34.0. The number of rotatable bonds is 9. The van der Waals surface area contributed by atoms with Crippen LogP contribution in [0.4, 0.5) is 10.5 Å². The summed E-state index contributed by atoms with van der Waals surface area (Å²) in [5, 5.41) is 0. The summed E-state index contributed by atoms with van der Waals surface area (Å²) in [5.41, 5.74) is 0.122. The van der Waals surface area contributed by atoms with E-state index in [4.69, 9.17) is 14.2 Å². The van der Waals surface area contributed by atoms with Crippen LogP contribution in [0, 0.1) is 37.5 Å². The van der Waals surface area contributed by atoms with Gasteiger partial charge < -0.3 is 14.2 Å². The van der Waals surface area contributed by atoms with E-state index >= 15 is 0 Å². The largest absolute Gasteiger partial charge is 0.464 e. The summed E-state index contributed by atoms with van der Waals surface area (Å²) in [5.74, 6) is -1.93. The Bertz CT molecular complexity index is 1610. The number of anilines is 1. The number of amides is 1. The highest BCUT2D eigenvalue weighted by Gasteiger charge is 2.78. The second-order valence-corrected chi connectivity index (χ2v) is 15.5. The van der Waals surface area contributed by atoms with Crippen molar-refractivity contribution in [2.24, 2.45) is 16.7 Å². The van der Waals surface area contributed by atoms with Crippen LogP contribution in [0.3, 0.4) is 0 Å². The highest BCUT2D eigenvalue weighted by molar-refractivity contribution is 7.92. The first-order valence-electron chi connectivity index (χ1n) is 16.0. The molecule has 2 aromatic carbocycles. The topological polar surface area (TPSA) is 119 Å². The number of benzene rings is 2. The quantitative estimate of drug-likeness (QED) is 0.146. The normalized spacial score (nSPS) is 27.2. The smallest absolute Gasteiger partial charge is 0.411 e. The molecule has 2 aromatic rings. The molecular weight excluding hydrogens is 608 g/mol. The van der Waals surface area contributed by atoms with Crippen LogP contribution in [0.15, 0.2) is 47.4 Å². The Morgan fingerprint density at radius 3 is 2.00 bits per heavy atom. The molecule has 1 amide bonds. The number of carbonyl (C=O) groups excluding carboxylic acids is 3. The van der Waals surface area contributed by atoms with Gasteiger partial charge in [-0.05, 0) is 89.0 Å². The fraction of sp³-hybridized carbons (Fsp3) is 0.571. The zero-order valence-corrected chi connectivity index (χ0v) is 29.1. The van der Waals surface area contributed by atoms with Gasteiger partial charge in [-0.3, -0.25) is 9.21 Å². The second kappa shape index (κ2) is 11.6. The van der Waals surface area contributed by atoms with Gasteiger partial charge in [0.05, 0.1) is 35.9 Å². The number of sulfonamides is 1. The predicted molar refractivity (Wildman–Crippen MR) is 173 cm³/mol. The molecule has 5 atom stereocenters. The first kappa shape index (κ1) is 33.8. The molecule has 1 aliphatic heterocycles. The van der Waals surface area contributed by atoms with Gasteiger partial charge in [-0.2, -0.15) is 0 Å². The Morgan fingerprint density at radius 2 is 1.48 bits per heavy atom. The summed E-state index contributed by atoms with van der Waals surface area (Å²) in [7, 11) is -4.16. The van der Waals surface area contributed by atoms with E-state index in [1.807, 2.05) is 39.8 Å². The van der Waals surface area contributed by atoms with Crippen LogP contribution in [-0.2, 0) is 33.8 Å². The number of nitrogens with zero attached hydrogens (tertiary/aromatic N) is 2. The molecule has 0 radical (unpaired) electrons. The SMILES string of the molecule is CCOC(=O)C1(C(=O)OCC)C(C)N1C(=O)O[C@@H]1[C@H](N(c2c(C)cc(C)cc2C)S(=O)(=O)c2ccccc2)[C@H]2CC[C@]1(C)C2(C)C. The van der Waals surface area contributed by atoms with E-state index in [-0.39, 0.29) is 24.0 Å². The zero-order valence-electron chi connectivity index (χ0n) is 28.2. The lowest BCUT2D eigenvalue weighted by Gasteiger charge is -2.43. The lowest BCUT2D eigenvalue weighted by atomic mass is 9.70. The van der Waals surface area contributed by atoms with Gasteiger partial charge in [-0.15, -0.1) is 0 Å². The fourth-order valence-electron chi connectivity index (χ4n) is 8.40. The van der Waals surface area contributed by atoms with Gasteiger partial charge in [0.15, 0.2) is 0 Å². The average Bonchev–Trinajstić information content (AvgIpc) is 3.50. The third-order valence-corrected chi connectivity index (χ3v) is 12.9. The van der Waals surface area contributed by atoms with E-state index in [0.717, 1.165) is 28.0 Å². The van der Waals surface area contributed by atoms with E-state index in [1.165, 1.54) is 4.31 Å². The number of hydrogen-bond acceptors (Lipinski definition) is 8. The Labute approximate surface area is 272 Å². The minimum Gasteiger partial charge on any atom is -0.464 e. The Hall–Kier alpha value is -3.60. The van der Waals surface area contributed by atoms with Gasteiger partial charge in [-0.1, -0.05) is 56.7 Å². The molecule has 11 heteroatoms. The predicted octanol–water partition coefficient (Wildman–Crippen LogP) is 5.71. The van der Waals surface area contributed by atoms with Crippen molar-refractivity contribution in [3.05, 3.63) is 59.2 Å². The number of hydrogen-bond donors (Lipinski definition) is 0. The van der Waals surface area contributed by atoms with Gasteiger partial charge in [0.2, 0.25) is 0 Å². The lowest BCUT2D eigenvalue weighted by molar-refractivity contribution is -0.161. The molecule has 1 saturated heterocycles. The molecule has 10 nitrogen and oxygen atoms in total. The summed E-state index contributed by atoms with van der Waals surface area (Å²) in [6.45, 7) is 16.8. The molecule has 46 heavy (non-hydrogen) atoms. The molecule has 0 spiro atoms. The van der Waals surface area contributed by atoms with Crippen molar-refractivity contribution >= 4 is 33.7 Å². The minimum absolute atomic E-state index is 0.00972. The molecule has 2 bridgehead atoms. The standard InChI is InChI=1S/C35H46N2O8S/c1-10-43-30(38)35(31(39)44-11-2)24(6)36(35)32(40)45-29-28(26-17-18-34(29,9)33(26,7)8)37(27-22(4)19-21(3)20-23(27)5)46(41,42)25-15-13-12-14-16-25/h12-16,19-20,24,26,28-29H,10-11,17-18H2,1-9H3/t24?,26-,28-,29-,34+,36?/m1/s1. The van der Waals surface area contributed by atoms with Crippen molar-refractivity contribution in [2.75, 3.05) is 17.5 Å². The molecule has 5 rings (SSSR count). The van der Waals surface area contributed by atoms with Crippen molar-refractivity contribution in [3.8, 4) is 0 Å². The van der Waals surface area contributed by atoms with Crippen LogP contribution >= 0.6 is 0 Å². The van der Waals surface area contributed by atoms with E-state index in [0.29, 0.717) is 12.1 Å². The lowest BCUT2D eigenvalue weighted by Crippen LogP contribution is -2.55. The number of esters is 2. The Balaban J connectivity index is 1.65. The molecule has 3 aliphatic rings. The number of fused-ring (bicyclic) bond motifs is 2. The van der Waals surface area contributed by atoms with E-state index in [9.17, 15) is 22.8 Å². The summed E-state index contributed by atoms with van der Waals surface area (Å²) in [6.07, 6.45) is -0.339. The van der Waals surface area contributed by atoms with Crippen LogP contribution in [0.25, 0.3) is 0 Å². The number of carbonyl (C=O) groups is 3. The molecule has 250 valence electrons. The third kappa shape index (κ3) is 4.71. The van der Waals surface area contributed by atoms with Gasteiger partial charge in [0.1, 0.15) is 6.10 Å². The van der Waals surface area contributed by atoms with Crippen molar-refractivity contribution in [1.29, 1.82) is 0 Å². The molecule has 1 heterocycles. The highest BCUT2D eigenvalue weighted by atomic mass is 32.2. The monoisotopic (exact) mass is 654 g/mol. The molecule has 2 aliphatic carbocycles. The molecule has 1 unspecified atom stereocenters. The maximum Gasteiger partial charge on any atom is 0.411 e. The van der Waals surface area contributed by atoms with E-state index < -0.39 is 62.6 Å². The van der Waals surface area contributed by atoms with Crippen LogP contribution in [0.1, 0.15) is 71.1 Å². The molecular formula is C35H46N2O8S. The maximum absolute atomic E-state index is 14.8. The molecule has 0 N–H and O–H groups in total. The average molecular weight is 655 g/mol. The van der Waals surface area contributed by atoms with Crippen molar-refractivity contribution in [1.82, 2.24) is 4.90 Å². The maximum atomic E-state index is 14.8. The Kier molecular flexibility index (Phi) is 8.49. The first-order chi connectivity index (χ1) is 21.5. The second-order valence-electron chi connectivity index (χ2n) is 13.7. The van der Waals surface area contributed by atoms with Gasteiger partial charge >= 0.3 is 18.0 Å². The van der Waals surface area contributed by atoms with Crippen molar-refractivity contribution in [2.45, 2.75) is 104 Å². The summed E-state index contributed by atoms with van der Waals surface area (Å²) < 4.78 is 48.0. The van der Waals surface area contributed by atoms with Crippen molar-refractivity contribution in [3.63, 3.8) is 0 Å². The molecule has 0 aromatic heterocycles. The minimum atomic E-state index is -4.16. The van der Waals surface area contributed by atoms with Crippen LogP contribution in [0.2, 0.25) is 0 Å².